The van der Waals surface area contributed by atoms with Gasteiger partial charge in [-0.05, 0) is 54.1 Å². The van der Waals surface area contributed by atoms with E-state index >= 15 is 0 Å². The molecule has 0 spiro atoms. The zero-order chi connectivity index (χ0) is 18.6. The number of carbonyl (C=O) groups excluding carboxylic acids is 1. The largest absolute Gasteiger partial charge is 0.381 e. The van der Waals surface area contributed by atoms with Gasteiger partial charge < -0.3 is 16.0 Å². The molecule has 27 heavy (non-hydrogen) atoms. The van der Waals surface area contributed by atoms with Crippen molar-refractivity contribution in [3.05, 3.63) is 90.1 Å². The van der Waals surface area contributed by atoms with Gasteiger partial charge in [-0.15, -0.1) is 0 Å². The Balaban J connectivity index is 1.43. The van der Waals surface area contributed by atoms with Crippen LogP contribution >= 0.6 is 0 Å². The average molecular weight is 360 g/mol. The summed E-state index contributed by atoms with van der Waals surface area (Å²) in [5.41, 5.74) is 4.48. The molecular formula is C21H17FN4O. The van der Waals surface area contributed by atoms with E-state index in [0.29, 0.717) is 23.4 Å². The molecule has 2 aromatic carbocycles. The molecule has 1 aliphatic heterocycles. The number of anilines is 3. The van der Waals surface area contributed by atoms with Crippen LogP contribution < -0.4 is 16.0 Å². The Morgan fingerprint density at radius 3 is 2.67 bits per heavy atom. The van der Waals surface area contributed by atoms with Gasteiger partial charge >= 0.3 is 0 Å². The fourth-order valence-corrected chi connectivity index (χ4v) is 2.85. The first-order chi connectivity index (χ1) is 13.2. The lowest BCUT2D eigenvalue weighted by molar-refractivity contribution is -0.110. The molecule has 0 saturated heterocycles. The van der Waals surface area contributed by atoms with E-state index in [2.05, 4.69) is 20.9 Å². The van der Waals surface area contributed by atoms with E-state index in [1.165, 1.54) is 12.1 Å². The zero-order valence-electron chi connectivity index (χ0n) is 14.4. The molecule has 5 nitrogen and oxygen atoms in total. The molecule has 1 amide bonds. The molecule has 0 saturated carbocycles. The van der Waals surface area contributed by atoms with Crippen LogP contribution in [-0.4, -0.2) is 10.9 Å². The number of aromatic nitrogens is 1. The molecule has 0 fully saturated rings. The van der Waals surface area contributed by atoms with Gasteiger partial charge in [-0.3, -0.25) is 9.78 Å². The van der Waals surface area contributed by atoms with Crippen molar-refractivity contribution in [3.63, 3.8) is 0 Å². The second-order valence-electron chi connectivity index (χ2n) is 6.14. The minimum absolute atomic E-state index is 0.252. The summed E-state index contributed by atoms with van der Waals surface area (Å²) < 4.78 is 13.5. The van der Waals surface area contributed by atoms with Gasteiger partial charge in [-0.25, -0.2) is 4.39 Å². The second kappa shape index (κ2) is 7.29. The molecule has 1 aliphatic rings. The summed E-state index contributed by atoms with van der Waals surface area (Å²) in [7, 11) is 0. The van der Waals surface area contributed by atoms with E-state index in [4.69, 9.17) is 0 Å². The van der Waals surface area contributed by atoms with E-state index in [-0.39, 0.29) is 11.7 Å². The maximum Gasteiger partial charge on any atom is 0.257 e. The van der Waals surface area contributed by atoms with E-state index < -0.39 is 0 Å². The smallest absolute Gasteiger partial charge is 0.257 e. The Labute approximate surface area is 156 Å². The van der Waals surface area contributed by atoms with Gasteiger partial charge in [0.15, 0.2) is 0 Å². The predicted molar refractivity (Wildman–Crippen MR) is 105 cm³/mol. The summed E-state index contributed by atoms with van der Waals surface area (Å²) >= 11 is 0. The average Bonchev–Trinajstić information content (AvgIpc) is 3.01. The highest BCUT2D eigenvalue weighted by Crippen LogP contribution is 2.32. The monoisotopic (exact) mass is 360 g/mol. The molecule has 3 N–H and O–H groups in total. The van der Waals surface area contributed by atoms with Gasteiger partial charge in [0.1, 0.15) is 5.82 Å². The lowest BCUT2D eigenvalue weighted by Gasteiger charge is -2.08. The summed E-state index contributed by atoms with van der Waals surface area (Å²) in [6.45, 7) is 0.688. The molecule has 1 aromatic heterocycles. The first kappa shape index (κ1) is 16.8. The van der Waals surface area contributed by atoms with Crippen molar-refractivity contribution >= 4 is 28.5 Å². The van der Waals surface area contributed by atoms with Crippen LogP contribution in [-0.2, 0) is 11.3 Å². The van der Waals surface area contributed by atoms with Gasteiger partial charge in [-0.1, -0.05) is 6.07 Å². The molecule has 0 bridgehead atoms. The number of nitrogens with zero attached hydrogens (tertiary/aromatic N) is 1. The Kier molecular flexibility index (Phi) is 4.53. The van der Waals surface area contributed by atoms with Crippen LogP contribution in [0.1, 0.15) is 11.1 Å². The number of fused-ring (bicyclic) bond motifs is 1. The lowest BCUT2D eigenvalue weighted by Crippen LogP contribution is -2.05. The fraction of sp³-hybridized carbons (Fsp3) is 0.0476. The van der Waals surface area contributed by atoms with Crippen molar-refractivity contribution < 1.29 is 9.18 Å². The SMILES string of the molecule is O=C1Nc2ccc(F)cc2/C1=C\Nc1ccc(NCc2cccnc2)cc1. The summed E-state index contributed by atoms with van der Waals surface area (Å²) in [6.07, 6.45) is 5.16. The number of nitrogens with one attached hydrogen (secondary N) is 3. The van der Waals surface area contributed by atoms with Crippen LogP contribution in [0, 0.1) is 5.82 Å². The van der Waals surface area contributed by atoms with E-state index in [0.717, 1.165) is 16.9 Å². The minimum atomic E-state index is -0.375. The third-order valence-electron chi connectivity index (χ3n) is 4.25. The topological polar surface area (TPSA) is 66.1 Å². The Morgan fingerprint density at radius 2 is 1.89 bits per heavy atom. The van der Waals surface area contributed by atoms with Gasteiger partial charge in [0.05, 0.1) is 5.57 Å². The molecule has 6 heteroatoms. The van der Waals surface area contributed by atoms with Crippen LogP contribution in [0.2, 0.25) is 0 Å². The molecular weight excluding hydrogens is 343 g/mol. The number of carbonyl (C=O) groups is 1. The first-order valence-electron chi connectivity index (χ1n) is 8.50. The normalized spacial score (nSPS) is 14.0. The highest BCUT2D eigenvalue weighted by Gasteiger charge is 2.24. The van der Waals surface area contributed by atoms with Crippen molar-refractivity contribution in [1.82, 2.24) is 4.98 Å². The standard InChI is InChI=1S/C21H17FN4O/c22-15-3-8-20-18(10-15)19(21(27)26-20)13-25-17-6-4-16(5-7-17)24-12-14-2-1-9-23-11-14/h1-11,13,24-25H,12H2,(H,26,27)/b19-13+. The number of pyridine rings is 1. The molecule has 0 unspecified atom stereocenters. The predicted octanol–water partition coefficient (Wildman–Crippen LogP) is 4.24. The third-order valence-corrected chi connectivity index (χ3v) is 4.25. The Hall–Kier alpha value is -3.67. The summed E-state index contributed by atoms with van der Waals surface area (Å²) in [5, 5.41) is 9.14. The van der Waals surface area contributed by atoms with Crippen molar-refractivity contribution in [2.45, 2.75) is 6.54 Å². The molecule has 2 heterocycles. The molecule has 0 aliphatic carbocycles. The van der Waals surface area contributed by atoms with Gasteiger partial charge in [0.2, 0.25) is 0 Å². The Morgan fingerprint density at radius 1 is 1.07 bits per heavy atom. The summed E-state index contributed by atoms with van der Waals surface area (Å²) in [4.78, 5) is 16.2. The number of rotatable bonds is 5. The maximum absolute atomic E-state index is 13.5. The lowest BCUT2D eigenvalue weighted by atomic mass is 10.1. The van der Waals surface area contributed by atoms with Crippen LogP contribution in [0.5, 0.6) is 0 Å². The number of hydrogen-bond donors (Lipinski definition) is 3. The van der Waals surface area contributed by atoms with Crippen molar-refractivity contribution in [1.29, 1.82) is 0 Å². The molecule has 0 radical (unpaired) electrons. The van der Waals surface area contributed by atoms with Crippen LogP contribution in [0.25, 0.3) is 5.57 Å². The molecule has 0 atom stereocenters. The Bertz CT molecular complexity index is 1000. The second-order valence-corrected chi connectivity index (χ2v) is 6.14. The van der Waals surface area contributed by atoms with Crippen LogP contribution in [0.4, 0.5) is 21.5 Å². The minimum Gasteiger partial charge on any atom is -0.381 e. The number of halogens is 1. The van der Waals surface area contributed by atoms with E-state index in [1.807, 2.05) is 42.6 Å². The fourth-order valence-electron chi connectivity index (χ4n) is 2.85. The van der Waals surface area contributed by atoms with Crippen LogP contribution in [0.15, 0.2) is 73.2 Å². The van der Waals surface area contributed by atoms with Crippen molar-refractivity contribution in [2.24, 2.45) is 0 Å². The van der Waals surface area contributed by atoms with E-state index in [9.17, 15) is 9.18 Å². The zero-order valence-corrected chi connectivity index (χ0v) is 14.4. The first-order valence-corrected chi connectivity index (χ1v) is 8.50. The summed E-state index contributed by atoms with van der Waals surface area (Å²) in [5.74, 6) is -0.627. The molecule has 3 aromatic rings. The number of hydrogen-bond acceptors (Lipinski definition) is 4. The molecule has 4 rings (SSSR count). The quantitative estimate of drug-likeness (QED) is 0.596. The van der Waals surface area contributed by atoms with Crippen molar-refractivity contribution in [3.8, 4) is 0 Å². The van der Waals surface area contributed by atoms with E-state index in [1.54, 1.807) is 18.5 Å². The third kappa shape index (κ3) is 3.79. The highest BCUT2D eigenvalue weighted by atomic mass is 19.1. The van der Waals surface area contributed by atoms with Gasteiger partial charge in [0, 0.05) is 47.8 Å². The molecule has 134 valence electrons. The highest BCUT2D eigenvalue weighted by molar-refractivity contribution is 6.31. The summed E-state index contributed by atoms with van der Waals surface area (Å²) in [6, 6.07) is 15.9. The maximum atomic E-state index is 13.5. The van der Waals surface area contributed by atoms with Crippen LogP contribution in [0.3, 0.4) is 0 Å². The number of benzene rings is 2. The van der Waals surface area contributed by atoms with Gasteiger partial charge in [0.25, 0.3) is 5.91 Å². The van der Waals surface area contributed by atoms with Gasteiger partial charge in [-0.2, -0.15) is 0 Å². The van der Waals surface area contributed by atoms with Crippen molar-refractivity contribution in [2.75, 3.05) is 16.0 Å². The number of amides is 1.